The van der Waals surface area contributed by atoms with Crippen LogP contribution in [-0.2, 0) is 0 Å². The van der Waals surface area contributed by atoms with E-state index in [1.807, 2.05) is 20.8 Å². The maximum atomic E-state index is 14.1. The molecule has 5 nitrogen and oxygen atoms in total. The highest BCUT2D eigenvalue weighted by molar-refractivity contribution is 5.99. The standard InChI is InChI=1S/C20H25F3N2O3/c1-18(2,3)13-8-9-16-15(11-13)19(27,20(21,22)23)25(24-16)17(26)12-6-5-7-14(10-12)28-4/h5-7,10,13,15,27H,8-9,11H2,1-4H3/t13-,15-,19+/m0/s1. The molecular formula is C20H25F3N2O3. The number of aliphatic hydroxyl groups is 1. The molecule has 3 atom stereocenters. The van der Waals surface area contributed by atoms with Crippen molar-refractivity contribution in [2.24, 2.45) is 22.4 Å². The van der Waals surface area contributed by atoms with Crippen molar-refractivity contribution in [3.63, 3.8) is 0 Å². The summed E-state index contributed by atoms with van der Waals surface area (Å²) in [7, 11) is 1.40. The van der Waals surface area contributed by atoms with Gasteiger partial charge in [-0.1, -0.05) is 26.8 Å². The topological polar surface area (TPSA) is 62.1 Å². The zero-order valence-electron chi connectivity index (χ0n) is 16.4. The van der Waals surface area contributed by atoms with Crippen LogP contribution in [0.5, 0.6) is 5.75 Å². The summed E-state index contributed by atoms with van der Waals surface area (Å²) in [6.07, 6.45) is -3.92. The summed E-state index contributed by atoms with van der Waals surface area (Å²) in [6.45, 7) is 5.92. The Morgan fingerprint density at radius 1 is 1.32 bits per heavy atom. The molecule has 0 radical (unpaired) electrons. The lowest BCUT2D eigenvalue weighted by Gasteiger charge is -2.42. The number of fused-ring (bicyclic) bond motifs is 1. The van der Waals surface area contributed by atoms with Crippen LogP contribution in [0, 0.1) is 17.3 Å². The fourth-order valence-corrected chi connectivity index (χ4v) is 4.09. The molecule has 1 fully saturated rings. The third-order valence-corrected chi connectivity index (χ3v) is 5.86. The summed E-state index contributed by atoms with van der Waals surface area (Å²) in [5.41, 5.74) is -3.36. The first-order chi connectivity index (χ1) is 12.9. The predicted molar refractivity (Wildman–Crippen MR) is 97.9 cm³/mol. The maximum Gasteiger partial charge on any atom is 0.439 e. The number of methoxy groups -OCH3 is 1. The second-order valence-electron chi connectivity index (χ2n) is 8.55. The fraction of sp³-hybridized carbons (Fsp3) is 0.600. The number of alkyl halides is 3. The van der Waals surface area contributed by atoms with Crippen molar-refractivity contribution in [1.29, 1.82) is 0 Å². The van der Waals surface area contributed by atoms with E-state index in [0.29, 0.717) is 18.6 Å². The van der Waals surface area contributed by atoms with E-state index >= 15 is 0 Å². The van der Waals surface area contributed by atoms with Gasteiger partial charge in [-0.3, -0.25) is 4.79 Å². The van der Waals surface area contributed by atoms with Crippen molar-refractivity contribution in [1.82, 2.24) is 5.01 Å². The Labute approximate surface area is 162 Å². The first-order valence-corrected chi connectivity index (χ1v) is 9.24. The molecule has 1 amide bonds. The second kappa shape index (κ2) is 6.76. The smallest absolute Gasteiger partial charge is 0.439 e. The van der Waals surface area contributed by atoms with Gasteiger partial charge in [0.05, 0.1) is 13.0 Å². The summed E-state index contributed by atoms with van der Waals surface area (Å²) in [5, 5.41) is 15.1. The van der Waals surface area contributed by atoms with Crippen LogP contribution in [0.2, 0.25) is 0 Å². The van der Waals surface area contributed by atoms with Crippen molar-refractivity contribution >= 4 is 11.6 Å². The van der Waals surface area contributed by atoms with Crippen LogP contribution in [0.1, 0.15) is 50.4 Å². The Bertz CT molecular complexity index is 801. The first-order valence-electron chi connectivity index (χ1n) is 9.24. The van der Waals surface area contributed by atoms with Crippen LogP contribution < -0.4 is 4.74 Å². The number of hydrazone groups is 1. The number of amides is 1. The predicted octanol–water partition coefficient (Wildman–Crippen LogP) is 4.22. The molecule has 154 valence electrons. The molecule has 0 spiro atoms. The summed E-state index contributed by atoms with van der Waals surface area (Å²) in [4.78, 5) is 12.9. The number of ether oxygens (including phenoxy) is 1. The largest absolute Gasteiger partial charge is 0.497 e. The molecule has 1 saturated carbocycles. The minimum atomic E-state index is -5.04. The Kier molecular flexibility index (Phi) is 4.98. The lowest BCUT2D eigenvalue weighted by molar-refractivity contribution is -0.314. The van der Waals surface area contributed by atoms with E-state index in [1.165, 1.54) is 25.3 Å². The highest BCUT2D eigenvalue weighted by Crippen LogP contribution is 2.52. The molecule has 1 aromatic rings. The molecule has 0 bridgehead atoms. The van der Waals surface area contributed by atoms with Gasteiger partial charge in [0.1, 0.15) is 5.75 Å². The number of hydrogen-bond donors (Lipinski definition) is 1. The fourth-order valence-electron chi connectivity index (χ4n) is 4.09. The zero-order chi connectivity index (χ0) is 20.9. The van der Waals surface area contributed by atoms with E-state index in [-0.39, 0.29) is 34.0 Å². The highest BCUT2D eigenvalue weighted by Gasteiger charge is 2.69. The lowest BCUT2D eigenvalue weighted by Crippen LogP contribution is -2.62. The molecule has 3 rings (SSSR count). The van der Waals surface area contributed by atoms with Crippen LogP contribution >= 0.6 is 0 Å². The Morgan fingerprint density at radius 2 is 2.00 bits per heavy atom. The van der Waals surface area contributed by atoms with Crippen LogP contribution in [0.25, 0.3) is 0 Å². The molecule has 1 N–H and O–H groups in total. The number of hydrogen-bond acceptors (Lipinski definition) is 4. The van der Waals surface area contributed by atoms with Gasteiger partial charge < -0.3 is 9.84 Å². The molecule has 1 aliphatic heterocycles. The van der Waals surface area contributed by atoms with E-state index in [1.54, 1.807) is 6.07 Å². The summed E-state index contributed by atoms with van der Waals surface area (Å²) in [5.74, 6) is -1.95. The quantitative estimate of drug-likeness (QED) is 0.811. The zero-order valence-corrected chi connectivity index (χ0v) is 16.4. The van der Waals surface area contributed by atoms with Gasteiger partial charge in [0, 0.05) is 11.3 Å². The van der Waals surface area contributed by atoms with Gasteiger partial charge >= 0.3 is 6.18 Å². The second-order valence-corrected chi connectivity index (χ2v) is 8.55. The average Bonchev–Trinajstić information content (AvgIpc) is 2.94. The van der Waals surface area contributed by atoms with E-state index in [4.69, 9.17) is 4.74 Å². The van der Waals surface area contributed by atoms with Gasteiger partial charge in [-0.15, -0.1) is 0 Å². The molecule has 0 saturated heterocycles. The van der Waals surface area contributed by atoms with Gasteiger partial charge in [0.15, 0.2) is 0 Å². The maximum absolute atomic E-state index is 14.1. The van der Waals surface area contributed by atoms with Gasteiger partial charge in [0.2, 0.25) is 0 Å². The number of nitrogens with zero attached hydrogens (tertiary/aromatic N) is 2. The Balaban J connectivity index is 2.02. The van der Waals surface area contributed by atoms with E-state index < -0.39 is 23.7 Å². The lowest BCUT2D eigenvalue weighted by atomic mass is 9.66. The summed E-state index contributed by atoms with van der Waals surface area (Å²) >= 11 is 0. The van der Waals surface area contributed by atoms with E-state index in [0.717, 1.165) is 0 Å². The molecule has 8 heteroatoms. The Morgan fingerprint density at radius 3 is 2.57 bits per heavy atom. The van der Waals surface area contributed by atoms with Crippen molar-refractivity contribution in [2.45, 2.75) is 51.9 Å². The Hall–Kier alpha value is -2.09. The van der Waals surface area contributed by atoms with Gasteiger partial charge in [0.25, 0.3) is 11.6 Å². The van der Waals surface area contributed by atoms with E-state index in [2.05, 4.69) is 5.10 Å². The number of carbonyl (C=O) groups is 1. The molecule has 1 aliphatic carbocycles. The summed E-state index contributed by atoms with van der Waals surface area (Å²) < 4.78 is 47.2. The van der Waals surface area contributed by atoms with Crippen molar-refractivity contribution < 1.29 is 27.8 Å². The van der Waals surface area contributed by atoms with Crippen LogP contribution in [0.15, 0.2) is 29.4 Å². The molecule has 1 aromatic carbocycles. The number of benzene rings is 1. The molecule has 0 aromatic heterocycles. The molecule has 0 unspecified atom stereocenters. The molecule has 1 heterocycles. The third kappa shape index (κ3) is 3.27. The molecular weight excluding hydrogens is 373 g/mol. The van der Waals surface area contributed by atoms with Crippen LogP contribution in [0.4, 0.5) is 13.2 Å². The van der Waals surface area contributed by atoms with Gasteiger partial charge in [-0.05, 0) is 48.8 Å². The van der Waals surface area contributed by atoms with Crippen molar-refractivity contribution in [3.8, 4) is 5.75 Å². The third-order valence-electron chi connectivity index (χ3n) is 5.86. The minimum Gasteiger partial charge on any atom is -0.497 e. The normalized spacial score (nSPS) is 28.0. The SMILES string of the molecule is COc1cccc(C(=O)N2N=C3CC[C@H](C(C)(C)C)C[C@@H]3[C@@]2(O)C(F)(F)F)c1. The van der Waals surface area contributed by atoms with Crippen LogP contribution in [0.3, 0.4) is 0 Å². The number of carbonyl (C=O) groups excluding carboxylic acids is 1. The molecule has 2 aliphatic rings. The first kappa shape index (κ1) is 20.6. The number of rotatable bonds is 2. The molecule has 28 heavy (non-hydrogen) atoms. The summed E-state index contributed by atoms with van der Waals surface area (Å²) in [6, 6.07) is 5.79. The average molecular weight is 398 g/mol. The van der Waals surface area contributed by atoms with Crippen molar-refractivity contribution in [2.75, 3.05) is 7.11 Å². The van der Waals surface area contributed by atoms with Crippen molar-refractivity contribution in [3.05, 3.63) is 29.8 Å². The number of halogens is 3. The van der Waals surface area contributed by atoms with Crippen LogP contribution in [-0.4, -0.2) is 40.7 Å². The van der Waals surface area contributed by atoms with Gasteiger partial charge in [-0.2, -0.15) is 23.3 Å². The monoisotopic (exact) mass is 398 g/mol. The minimum absolute atomic E-state index is 0.0165. The highest BCUT2D eigenvalue weighted by atomic mass is 19.4. The van der Waals surface area contributed by atoms with Gasteiger partial charge in [-0.25, -0.2) is 0 Å². The van der Waals surface area contributed by atoms with E-state index in [9.17, 15) is 23.1 Å².